The quantitative estimate of drug-likeness (QED) is 0.532. The lowest BCUT2D eigenvalue weighted by Crippen LogP contribution is -2.21. The largest absolute Gasteiger partial charge is 0.394 e. The molecule has 4 heteroatoms. The van der Waals surface area contributed by atoms with Crippen LogP contribution in [-0.2, 0) is 9.53 Å². The van der Waals surface area contributed by atoms with Crippen LogP contribution in [0.15, 0.2) is 0 Å². The Balaban J connectivity index is 2.86. The fraction of sp³-hybridized carbons (Fsp3) is 0.875. The first-order chi connectivity index (χ1) is 5.77. The van der Waals surface area contributed by atoms with E-state index in [1.807, 2.05) is 0 Å². The summed E-state index contributed by atoms with van der Waals surface area (Å²) in [4.78, 5) is 10.4. The van der Waals surface area contributed by atoms with Crippen molar-refractivity contribution in [3.8, 4) is 0 Å². The van der Waals surface area contributed by atoms with Crippen molar-refractivity contribution in [1.82, 2.24) is 5.32 Å². The molecular weight excluding hydrogens is 158 g/mol. The zero-order valence-electron chi connectivity index (χ0n) is 7.51. The Hall–Kier alpha value is -0.610. The molecule has 0 aromatic carbocycles. The lowest BCUT2D eigenvalue weighted by Gasteiger charge is -2.02. The summed E-state index contributed by atoms with van der Waals surface area (Å²) >= 11 is 0. The Morgan fingerprint density at radius 3 is 2.75 bits per heavy atom. The van der Waals surface area contributed by atoms with Crippen molar-refractivity contribution in [2.24, 2.45) is 0 Å². The summed E-state index contributed by atoms with van der Waals surface area (Å²) in [6.07, 6.45) is 1.84. The zero-order chi connectivity index (χ0) is 9.23. The first kappa shape index (κ1) is 11.4. The van der Waals surface area contributed by atoms with Gasteiger partial charge in [0.05, 0.1) is 13.2 Å². The minimum absolute atomic E-state index is 0.00581. The second-order valence-corrected chi connectivity index (χ2v) is 2.53. The van der Waals surface area contributed by atoms with Crippen LogP contribution < -0.4 is 5.32 Å². The minimum atomic E-state index is 0.00581. The fourth-order valence-electron chi connectivity index (χ4n) is 0.760. The van der Waals surface area contributed by atoms with E-state index < -0.39 is 0 Å². The van der Waals surface area contributed by atoms with Crippen LogP contribution in [0.25, 0.3) is 0 Å². The van der Waals surface area contributed by atoms with Crippen LogP contribution in [0, 0.1) is 0 Å². The van der Waals surface area contributed by atoms with Crippen molar-refractivity contribution in [2.75, 3.05) is 26.4 Å². The Morgan fingerprint density at radius 1 is 1.42 bits per heavy atom. The average Bonchev–Trinajstić information content (AvgIpc) is 2.02. The molecule has 0 aromatic rings. The molecule has 0 saturated heterocycles. The maximum Gasteiger partial charge on any atom is 0.216 e. The minimum Gasteiger partial charge on any atom is -0.394 e. The van der Waals surface area contributed by atoms with Gasteiger partial charge >= 0.3 is 0 Å². The summed E-state index contributed by atoms with van der Waals surface area (Å²) < 4.78 is 5.03. The van der Waals surface area contributed by atoms with Crippen LogP contribution in [0.3, 0.4) is 0 Å². The number of nitrogens with one attached hydrogen (secondary N) is 1. The van der Waals surface area contributed by atoms with Crippen molar-refractivity contribution >= 4 is 5.91 Å². The summed E-state index contributed by atoms with van der Waals surface area (Å²) in [7, 11) is 0. The van der Waals surface area contributed by atoms with E-state index in [-0.39, 0.29) is 12.5 Å². The van der Waals surface area contributed by atoms with Crippen LogP contribution in [0.1, 0.15) is 19.8 Å². The number of amides is 1. The van der Waals surface area contributed by atoms with Gasteiger partial charge in [0.1, 0.15) is 0 Å². The zero-order valence-corrected chi connectivity index (χ0v) is 7.51. The molecule has 0 radical (unpaired) electrons. The molecule has 0 rings (SSSR count). The number of rotatable bonds is 7. The van der Waals surface area contributed by atoms with Crippen LogP contribution in [0.2, 0.25) is 0 Å². The predicted molar refractivity (Wildman–Crippen MR) is 45.8 cm³/mol. The van der Waals surface area contributed by atoms with Gasteiger partial charge in [0.15, 0.2) is 0 Å². The van der Waals surface area contributed by atoms with E-state index in [1.54, 1.807) is 0 Å². The monoisotopic (exact) mass is 175 g/mol. The van der Waals surface area contributed by atoms with E-state index >= 15 is 0 Å². The molecule has 0 fully saturated rings. The van der Waals surface area contributed by atoms with E-state index in [0.29, 0.717) is 19.8 Å². The van der Waals surface area contributed by atoms with Crippen LogP contribution >= 0.6 is 0 Å². The third-order valence-corrected chi connectivity index (χ3v) is 1.33. The second-order valence-electron chi connectivity index (χ2n) is 2.53. The molecule has 2 N–H and O–H groups in total. The topological polar surface area (TPSA) is 58.6 Å². The van der Waals surface area contributed by atoms with Gasteiger partial charge in [-0.3, -0.25) is 4.79 Å². The Morgan fingerprint density at radius 2 is 2.17 bits per heavy atom. The fourth-order valence-corrected chi connectivity index (χ4v) is 0.760. The molecule has 0 aliphatic rings. The summed E-state index contributed by atoms with van der Waals surface area (Å²) in [5.74, 6) is 0.00581. The van der Waals surface area contributed by atoms with Crippen LogP contribution in [-0.4, -0.2) is 37.4 Å². The average molecular weight is 175 g/mol. The normalized spacial score (nSPS) is 9.83. The number of hydrogen-bond acceptors (Lipinski definition) is 3. The van der Waals surface area contributed by atoms with E-state index in [2.05, 4.69) is 5.32 Å². The molecule has 0 heterocycles. The molecule has 0 unspecified atom stereocenters. The van der Waals surface area contributed by atoms with Gasteiger partial charge in [0.25, 0.3) is 0 Å². The van der Waals surface area contributed by atoms with E-state index in [4.69, 9.17) is 9.84 Å². The summed E-state index contributed by atoms with van der Waals surface area (Å²) in [6, 6.07) is 0. The maximum atomic E-state index is 10.4. The SMILES string of the molecule is CC(=O)NCCCCOCCO. The van der Waals surface area contributed by atoms with Crippen molar-refractivity contribution in [3.63, 3.8) is 0 Å². The number of carbonyl (C=O) groups is 1. The third kappa shape index (κ3) is 9.39. The molecule has 72 valence electrons. The van der Waals surface area contributed by atoms with Crippen molar-refractivity contribution in [3.05, 3.63) is 0 Å². The number of hydrogen-bond donors (Lipinski definition) is 2. The summed E-state index contributed by atoms with van der Waals surface area (Å²) in [5.41, 5.74) is 0. The van der Waals surface area contributed by atoms with Gasteiger partial charge in [0, 0.05) is 20.1 Å². The molecule has 1 amide bonds. The van der Waals surface area contributed by atoms with Gasteiger partial charge in [-0.1, -0.05) is 0 Å². The maximum absolute atomic E-state index is 10.4. The van der Waals surface area contributed by atoms with Crippen molar-refractivity contribution in [1.29, 1.82) is 0 Å². The Kier molecular flexibility index (Phi) is 8.05. The lowest BCUT2D eigenvalue weighted by molar-refractivity contribution is -0.118. The molecule has 0 spiro atoms. The molecule has 0 atom stereocenters. The van der Waals surface area contributed by atoms with Gasteiger partial charge in [-0.2, -0.15) is 0 Å². The Labute approximate surface area is 72.9 Å². The molecule has 0 bridgehead atoms. The van der Waals surface area contributed by atoms with Gasteiger partial charge in [0.2, 0.25) is 5.91 Å². The van der Waals surface area contributed by atoms with Crippen LogP contribution in [0.5, 0.6) is 0 Å². The molecule has 4 nitrogen and oxygen atoms in total. The third-order valence-electron chi connectivity index (χ3n) is 1.33. The summed E-state index contributed by atoms with van der Waals surface area (Å²) in [5, 5.41) is 11.1. The number of unbranched alkanes of at least 4 members (excludes halogenated alkanes) is 1. The van der Waals surface area contributed by atoms with Gasteiger partial charge in [-0.05, 0) is 12.8 Å². The first-order valence-electron chi connectivity index (χ1n) is 4.20. The number of aliphatic hydroxyl groups is 1. The van der Waals surface area contributed by atoms with Gasteiger partial charge in [-0.15, -0.1) is 0 Å². The van der Waals surface area contributed by atoms with Crippen molar-refractivity contribution < 1.29 is 14.6 Å². The van der Waals surface area contributed by atoms with Gasteiger partial charge < -0.3 is 15.2 Å². The van der Waals surface area contributed by atoms with Crippen molar-refractivity contribution in [2.45, 2.75) is 19.8 Å². The highest BCUT2D eigenvalue weighted by Crippen LogP contribution is 1.87. The van der Waals surface area contributed by atoms with E-state index in [1.165, 1.54) is 6.92 Å². The molecular formula is C8H17NO3. The van der Waals surface area contributed by atoms with E-state index in [9.17, 15) is 4.79 Å². The molecule has 0 saturated carbocycles. The molecule has 0 aromatic heterocycles. The van der Waals surface area contributed by atoms with E-state index in [0.717, 1.165) is 12.8 Å². The van der Waals surface area contributed by atoms with Crippen LogP contribution in [0.4, 0.5) is 0 Å². The molecule has 12 heavy (non-hydrogen) atoms. The highest BCUT2D eigenvalue weighted by molar-refractivity contribution is 5.72. The highest BCUT2D eigenvalue weighted by Gasteiger charge is 1.91. The molecule has 0 aliphatic carbocycles. The lowest BCUT2D eigenvalue weighted by atomic mass is 10.3. The van der Waals surface area contributed by atoms with Gasteiger partial charge in [-0.25, -0.2) is 0 Å². The highest BCUT2D eigenvalue weighted by atomic mass is 16.5. The Bertz CT molecular complexity index is 117. The molecule has 0 aliphatic heterocycles. The standard InChI is InChI=1S/C8H17NO3/c1-8(11)9-4-2-3-6-12-7-5-10/h10H,2-7H2,1H3,(H,9,11). The number of carbonyl (C=O) groups excluding carboxylic acids is 1. The number of aliphatic hydroxyl groups excluding tert-OH is 1. The number of ether oxygens (including phenoxy) is 1. The second kappa shape index (κ2) is 8.49. The predicted octanol–water partition coefficient (Wildman–Crippen LogP) is -0.0884. The summed E-state index contributed by atoms with van der Waals surface area (Å²) in [6.45, 7) is 3.34. The smallest absolute Gasteiger partial charge is 0.216 e. The first-order valence-corrected chi connectivity index (χ1v) is 4.20.